The lowest BCUT2D eigenvalue weighted by Gasteiger charge is -2.32. The zero-order chi connectivity index (χ0) is 25.3. The number of piperidine rings is 1. The van der Waals surface area contributed by atoms with Crippen LogP contribution in [-0.2, 0) is 9.59 Å². The van der Waals surface area contributed by atoms with E-state index in [9.17, 15) is 19.6 Å². The van der Waals surface area contributed by atoms with E-state index in [1.807, 2.05) is 12.1 Å². The van der Waals surface area contributed by atoms with E-state index in [1.165, 1.54) is 6.42 Å². The fraction of sp³-hybridized carbons (Fsp3) is 0.556. The number of benzene rings is 1. The molecule has 0 unspecified atom stereocenters. The molecule has 1 aromatic heterocycles. The average Bonchev–Trinajstić information content (AvgIpc) is 3.48. The Kier molecular flexibility index (Phi) is 6.94. The van der Waals surface area contributed by atoms with Crippen molar-refractivity contribution in [3.05, 3.63) is 35.0 Å². The van der Waals surface area contributed by atoms with E-state index in [-0.39, 0.29) is 35.5 Å². The van der Waals surface area contributed by atoms with Crippen LogP contribution in [0.5, 0.6) is 0 Å². The van der Waals surface area contributed by atoms with Crippen molar-refractivity contribution < 1.29 is 14.4 Å². The summed E-state index contributed by atoms with van der Waals surface area (Å²) in [5.74, 6) is -0.898. The van der Waals surface area contributed by atoms with Crippen molar-refractivity contribution in [3.63, 3.8) is 0 Å². The third-order valence-corrected chi connectivity index (χ3v) is 8.55. The van der Waals surface area contributed by atoms with Gasteiger partial charge in [-0.25, -0.2) is 0 Å². The van der Waals surface area contributed by atoms with E-state index in [1.54, 1.807) is 17.0 Å². The summed E-state index contributed by atoms with van der Waals surface area (Å²) in [5, 5.41) is 16.8. The van der Waals surface area contributed by atoms with E-state index in [4.69, 9.17) is 11.6 Å². The maximum Gasteiger partial charge on any atom is 0.271 e. The number of hydrogen-bond acceptors (Lipinski definition) is 4. The first-order chi connectivity index (χ1) is 17.4. The van der Waals surface area contributed by atoms with Crippen LogP contribution in [0.4, 0.5) is 0 Å². The second-order valence-electron chi connectivity index (χ2n) is 10.7. The zero-order valence-corrected chi connectivity index (χ0v) is 21.1. The highest BCUT2D eigenvalue weighted by molar-refractivity contribution is 6.35. The zero-order valence-electron chi connectivity index (χ0n) is 20.3. The third kappa shape index (κ3) is 4.81. The van der Waals surface area contributed by atoms with Crippen LogP contribution in [0.3, 0.4) is 0 Å². The van der Waals surface area contributed by atoms with Crippen molar-refractivity contribution in [3.8, 4) is 6.07 Å². The van der Waals surface area contributed by atoms with Crippen molar-refractivity contribution in [2.45, 2.75) is 69.9 Å². The van der Waals surface area contributed by atoms with Gasteiger partial charge < -0.3 is 20.5 Å². The van der Waals surface area contributed by atoms with E-state index in [2.05, 4.69) is 21.7 Å². The molecule has 5 rings (SSSR count). The largest absolute Gasteiger partial charge is 0.356 e. The SMILES string of the molecule is N#C[C@H](C[C@@H]1CCCNC1=O)NC(=O)[C@H]1CC2(CCCCC2)CN1C(=O)c1cc2c(Cl)cccc2[nH]1. The van der Waals surface area contributed by atoms with E-state index >= 15 is 0 Å². The molecule has 190 valence electrons. The molecule has 2 aromatic rings. The molecular weight excluding hydrogens is 478 g/mol. The molecule has 2 aliphatic heterocycles. The molecular formula is C27H32ClN5O3. The molecule has 1 aromatic carbocycles. The number of hydrogen-bond donors (Lipinski definition) is 3. The standard InChI is InChI=1S/C27H32ClN5O3/c28-20-7-4-8-21-19(20)13-22(32-21)26(36)33-16-27(9-2-1-3-10-27)14-23(33)25(35)31-18(15-29)12-17-6-5-11-30-24(17)34/h4,7-8,13,17-18,23,32H,1-3,5-6,9-12,14,16H2,(H,30,34)(H,31,35)/t17-,18-,23+/m0/s1. The topological polar surface area (TPSA) is 118 Å². The smallest absolute Gasteiger partial charge is 0.271 e. The predicted molar refractivity (Wildman–Crippen MR) is 136 cm³/mol. The van der Waals surface area contributed by atoms with Gasteiger partial charge in [0.2, 0.25) is 11.8 Å². The number of nitrogens with one attached hydrogen (secondary N) is 3. The van der Waals surface area contributed by atoms with Crippen LogP contribution >= 0.6 is 11.6 Å². The number of aromatic amines is 1. The number of fused-ring (bicyclic) bond motifs is 1. The van der Waals surface area contributed by atoms with Gasteiger partial charge in [-0.15, -0.1) is 0 Å². The van der Waals surface area contributed by atoms with Crippen molar-refractivity contribution in [2.75, 3.05) is 13.1 Å². The number of nitrogens with zero attached hydrogens (tertiary/aromatic N) is 2. The number of H-pyrrole nitrogens is 1. The Hall–Kier alpha value is -3.05. The summed E-state index contributed by atoms with van der Waals surface area (Å²) in [6, 6.07) is 7.95. The fourth-order valence-corrected chi connectivity index (χ4v) is 6.54. The monoisotopic (exact) mass is 509 g/mol. The molecule has 9 heteroatoms. The lowest BCUT2D eigenvalue weighted by atomic mass is 9.72. The first-order valence-electron chi connectivity index (χ1n) is 12.9. The Labute approximate surface area is 215 Å². The normalized spacial score (nSPS) is 24.3. The minimum Gasteiger partial charge on any atom is -0.356 e. The van der Waals surface area contributed by atoms with E-state index < -0.39 is 12.1 Å². The number of likely N-dealkylation sites (tertiary alicyclic amines) is 1. The van der Waals surface area contributed by atoms with Crippen molar-refractivity contribution in [1.29, 1.82) is 5.26 Å². The van der Waals surface area contributed by atoms with Gasteiger partial charge in [0.05, 0.1) is 6.07 Å². The van der Waals surface area contributed by atoms with Gasteiger partial charge in [0.15, 0.2) is 0 Å². The van der Waals surface area contributed by atoms with Gasteiger partial charge in [0.1, 0.15) is 17.8 Å². The summed E-state index contributed by atoms with van der Waals surface area (Å²) in [4.78, 5) is 44.3. The lowest BCUT2D eigenvalue weighted by molar-refractivity contribution is -0.128. The quantitative estimate of drug-likeness (QED) is 0.566. The van der Waals surface area contributed by atoms with Gasteiger partial charge in [-0.1, -0.05) is 36.9 Å². The van der Waals surface area contributed by atoms with Gasteiger partial charge in [-0.2, -0.15) is 5.26 Å². The Bertz CT molecular complexity index is 1210. The average molecular weight is 510 g/mol. The highest BCUT2D eigenvalue weighted by Crippen LogP contribution is 2.46. The molecule has 0 radical (unpaired) electrons. The van der Waals surface area contributed by atoms with Crippen molar-refractivity contribution in [2.24, 2.45) is 11.3 Å². The number of halogens is 1. The Morgan fingerprint density at radius 1 is 1.25 bits per heavy atom. The van der Waals surface area contributed by atoms with Crippen LogP contribution in [0, 0.1) is 22.7 Å². The minimum atomic E-state index is -0.780. The van der Waals surface area contributed by atoms with Gasteiger partial charge in [-0.05, 0) is 62.1 Å². The van der Waals surface area contributed by atoms with E-state index in [0.717, 1.165) is 43.0 Å². The number of aromatic nitrogens is 1. The number of carbonyl (C=O) groups is 3. The molecule has 3 heterocycles. The molecule has 1 aliphatic carbocycles. The van der Waals surface area contributed by atoms with Crippen LogP contribution < -0.4 is 10.6 Å². The Morgan fingerprint density at radius 2 is 2.06 bits per heavy atom. The second kappa shape index (κ2) is 10.1. The molecule has 3 N–H and O–H groups in total. The summed E-state index contributed by atoms with van der Waals surface area (Å²) in [7, 11) is 0. The lowest BCUT2D eigenvalue weighted by Crippen LogP contribution is -2.49. The number of amides is 3. The molecule has 3 amide bonds. The third-order valence-electron chi connectivity index (χ3n) is 8.22. The Morgan fingerprint density at radius 3 is 2.78 bits per heavy atom. The molecule has 0 bridgehead atoms. The van der Waals surface area contributed by atoms with Crippen molar-refractivity contribution in [1.82, 2.24) is 20.5 Å². The minimum absolute atomic E-state index is 0.0629. The molecule has 2 saturated heterocycles. The summed E-state index contributed by atoms with van der Waals surface area (Å²) >= 11 is 6.33. The van der Waals surface area contributed by atoms with Crippen LogP contribution in [0.1, 0.15) is 68.3 Å². The first kappa shape index (κ1) is 24.6. The molecule has 8 nitrogen and oxygen atoms in total. The molecule has 3 aliphatic rings. The highest BCUT2D eigenvalue weighted by Gasteiger charge is 2.49. The number of rotatable bonds is 5. The number of nitriles is 1. The fourth-order valence-electron chi connectivity index (χ4n) is 6.31. The van der Waals surface area contributed by atoms with Crippen LogP contribution in [-0.4, -0.2) is 52.8 Å². The van der Waals surface area contributed by atoms with Crippen LogP contribution in [0.15, 0.2) is 24.3 Å². The van der Waals surface area contributed by atoms with Gasteiger partial charge in [-0.3, -0.25) is 14.4 Å². The summed E-state index contributed by atoms with van der Waals surface area (Å²) < 4.78 is 0. The summed E-state index contributed by atoms with van der Waals surface area (Å²) in [5.41, 5.74) is 1.10. The predicted octanol–water partition coefficient (Wildman–Crippen LogP) is 3.91. The van der Waals surface area contributed by atoms with Gasteiger partial charge in [0.25, 0.3) is 5.91 Å². The summed E-state index contributed by atoms with van der Waals surface area (Å²) in [6.07, 6.45) is 7.78. The maximum absolute atomic E-state index is 13.7. The summed E-state index contributed by atoms with van der Waals surface area (Å²) in [6.45, 7) is 1.17. The van der Waals surface area contributed by atoms with E-state index in [0.29, 0.717) is 36.6 Å². The highest BCUT2D eigenvalue weighted by atomic mass is 35.5. The number of carbonyl (C=O) groups excluding carboxylic acids is 3. The maximum atomic E-state index is 13.7. The van der Waals surface area contributed by atoms with Gasteiger partial charge >= 0.3 is 0 Å². The molecule has 1 spiro atoms. The molecule has 1 saturated carbocycles. The Balaban J connectivity index is 1.37. The van der Waals surface area contributed by atoms with Crippen molar-refractivity contribution >= 4 is 40.2 Å². The molecule has 3 atom stereocenters. The first-order valence-corrected chi connectivity index (χ1v) is 13.3. The van der Waals surface area contributed by atoms with Gasteiger partial charge in [0, 0.05) is 34.9 Å². The second-order valence-corrected chi connectivity index (χ2v) is 11.1. The van der Waals surface area contributed by atoms with Crippen LogP contribution in [0.2, 0.25) is 5.02 Å². The van der Waals surface area contributed by atoms with Crippen LogP contribution in [0.25, 0.3) is 10.9 Å². The molecule has 36 heavy (non-hydrogen) atoms. The molecule has 3 fully saturated rings.